The number of hydrogen-bond acceptors (Lipinski definition) is 1. The van der Waals surface area contributed by atoms with E-state index in [9.17, 15) is 4.79 Å². The van der Waals surface area contributed by atoms with E-state index in [1.54, 1.807) is 0 Å². The van der Waals surface area contributed by atoms with Gasteiger partial charge in [0.25, 0.3) is 0 Å². The molecule has 0 spiro atoms. The van der Waals surface area contributed by atoms with Gasteiger partial charge in [-0.3, -0.25) is 4.79 Å². The van der Waals surface area contributed by atoms with Crippen LogP contribution in [-0.2, 0) is 17.8 Å². The number of nitrogens with one attached hydrogen (secondary N) is 1. The quantitative estimate of drug-likeness (QED) is 0.752. The number of benzene rings is 1. The first kappa shape index (κ1) is 16.7. The van der Waals surface area contributed by atoms with Crippen molar-refractivity contribution in [1.29, 1.82) is 0 Å². The first-order chi connectivity index (χ1) is 9.60. The van der Waals surface area contributed by atoms with E-state index in [4.69, 9.17) is 0 Å². The zero-order chi connectivity index (χ0) is 15.0. The van der Waals surface area contributed by atoms with Crippen LogP contribution in [0.1, 0.15) is 58.1 Å². The lowest BCUT2D eigenvalue weighted by atomic mass is 9.97. The van der Waals surface area contributed by atoms with Crippen LogP contribution in [-0.4, -0.2) is 5.91 Å². The third-order valence-electron chi connectivity index (χ3n) is 4.10. The van der Waals surface area contributed by atoms with Gasteiger partial charge in [-0.15, -0.1) is 0 Å². The predicted molar refractivity (Wildman–Crippen MR) is 85.5 cm³/mol. The lowest BCUT2D eigenvalue weighted by Crippen LogP contribution is -2.29. The Hall–Kier alpha value is -1.31. The lowest BCUT2D eigenvalue weighted by molar-refractivity contribution is -0.125. The van der Waals surface area contributed by atoms with Crippen molar-refractivity contribution in [3.8, 4) is 0 Å². The van der Waals surface area contributed by atoms with Crippen molar-refractivity contribution < 1.29 is 4.79 Å². The highest BCUT2D eigenvalue weighted by molar-refractivity contribution is 5.78. The van der Waals surface area contributed by atoms with Gasteiger partial charge >= 0.3 is 0 Å². The molecule has 0 heterocycles. The zero-order valence-corrected chi connectivity index (χ0v) is 13.4. The van der Waals surface area contributed by atoms with E-state index in [-0.39, 0.29) is 11.8 Å². The molecule has 0 saturated heterocycles. The summed E-state index contributed by atoms with van der Waals surface area (Å²) in [7, 11) is 0. The highest BCUT2D eigenvalue weighted by atomic mass is 16.1. The summed E-state index contributed by atoms with van der Waals surface area (Å²) in [5.74, 6) is 1.05. The Morgan fingerprint density at radius 3 is 2.35 bits per heavy atom. The summed E-state index contributed by atoms with van der Waals surface area (Å²) in [4.78, 5) is 12.0. The highest BCUT2D eigenvalue weighted by Crippen LogP contribution is 2.13. The van der Waals surface area contributed by atoms with Crippen molar-refractivity contribution in [2.45, 2.75) is 59.9 Å². The van der Waals surface area contributed by atoms with Crippen molar-refractivity contribution in [2.75, 3.05) is 0 Å². The summed E-state index contributed by atoms with van der Waals surface area (Å²) in [5, 5.41) is 3.06. The molecule has 0 radical (unpaired) electrons. The van der Waals surface area contributed by atoms with Crippen molar-refractivity contribution in [1.82, 2.24) is 5.32 Å². The fourth-order valence-electron chi connectivity index (χ4n) is 2.41. The second-order valence-electron chi connectivity index (χ2n) is 5.77. The molecule has 1 unspecified atom stereocenters. The number of carbonyl (C=O) groups is 1. The SMILES string of the molecule is CCC(C)Cc1cccc(CNC(=O)C(CC)CC)c1. The van der Waals surface area contributed by atoms with Crippen LogP contribution in [0.4, 0.5) is 0 Å². The molecule has 112 valence electrons. The van der Waals surface area contributed by atoms with E-state index in [0.29, 0.717) is 12.5 Å². The van der Waals surface area contributed by atoms with E-state index < -0.39 is 0 Å². The summed E-state index contributed by atoms with van der Waals surface area (Å²) >= 11 is 0. The summed E-state index contributed by atoms with van der Waals surface area (Å²) in [5.41, 5.74) is 2.57. The van der Waals surface area contributed by atoms with Crippen molar-refractivity contribution in [2.24, 2.45) is 11.8 Å². The Morgan fingerprint density at radius 1 is 1.10 bits per heavy atom. The monoisotopic (exact) mass is 275 g/mol. The van der Waals surface area contributed by atoms with E-state index in [1.165, 1.54) is 17.5 Å². The van der Waals surface area contributed by atoms with Crippen molar-refractivity contribution in [3.05, 3.63) is 35.4 Å². The molecule has 1 amide bonds. The molecule has 1 rings (SSSR count). The molecular formula is C18H29NO. The van der Waals surface area contributed by atoms with Gasteiger partial charge in [0.05, 0.1) is 0 Å². The minimum atomic E-state index is 0.151. The molecule has 1 aromatic rings. The molecule has 0 aliphatic heterocycles. The van der Waals surface area contributed by atoms with Gasteiger partial charge in [0.15, 0.2) is 0 Å². The Labute approximate surface area is 124 Å². The van der Waals surface area contributed by atoms with Gasteiger partial charge in [-0.1, -0.05) is 58.4 Å². The molecule has 20 heavy (non-hydrogen) atoms. The molecule has 2 heteroatoms. The van der Waals surface area contributed by atoms with E-state index in [2.05, 4.69) is 57.3 Å². The molecular weight excluding hydrogens is 246 g/mol. The first-order valence-electron chi connectivity index (χ1n) is 7.96. The molecule has 0 fully saturated rings. The first-order valence-corrected chi connectivity index (χ1v) is 7.96. The highest BCUT2D eigenvalue weighted by Gasteiger charge is 2.13. The van der Waals surface area contributed by atoms with Crippen LogP contribution in [0.5, 0.6) is 0 Å². The molecule has 1 N–H and O–H groups in total. The Balaban J connectivity index is 2.56. The van der Waals surface area contributed by atoms with Gasteiger partial charge in [0.1, 0.15) is 0 Å². The second-order valence-corrected chi connectivity index (χ2v) is 5.77. The van der Waals surface area contributed by atoms with Crippen LogP contribution in [0.25, 0.3) is 0 Å². The maximum atomic E-state index is 12.0. The van der Waals surface area contributed by atoms with Crippen molar-refractivity contribution in [3.63, 3.8) is 0 Å². The van der Waals surface area contributed by atoms with Gasteiger partial charge in [0.2, 0.25) is 5.91 Å². The molecule has 0 bridgehead atoms. The molecule has 0 saturated carbocycles. The molecule has 2 nitrogen and oxygen atoms in total. The largest absolute Gasteiger partial charge is 0.352 e. The minimum Gasteiger partial charge on any atom is -0.352 e. The van der Waals surface area contributed by atoms with Gasteiger partial charge < -0.3 is 5.32 Å². The standard InChI is InChI=1S/C18H29NO/c1-5-14(4)11-15-9-8-10-16(12-15)13-19-18(20)17(6-2)7-3/h8-10,12,14,17H,5-7,11,13H2,1-4H3,(H,19,20). The van der Waals surface area contributed by atoms with Crippen molar-refractivity contribution >= 4 is 5.91 Å². The Bertz CT molecular complexity index is 410. The Morgan fingerprint density at radius 2 is 1.75 bits per heavy atom. The Kier molecular flexibility index (Phi) is 7.35. The van der Waals surface area contributed by atoms with Gasteiger partial charge in [0, 0.05) is 12.5 Å². The van der Waals surface area contributed by atoms with Gasteiger partial charge in [-0.2, -0.15) is 0 Å². The second kappa shape index (κ2) is 8.78. The van der Waals surface area contributed by atoms with Crippen LogP contribution >= 0.6 is 0 Å². The lowest BCUT2D eigenvalue weighted by Gasteiger charge is -2.14. The van der Waals surface area contributed by atoms with E-state index >= 15 is 0 Å². The predicted octanol–water partition coefficient (Wildman–Crippen LogP) is 4.33. The third-order valence-corrected chi connectivity index (χ3v) is 4.10. The van der Waals surface area contributed by atoms with Crippen LogP contribution in [0.2, 0.25) is 0 Å². The average Bonchev–Trinajstić information content (AvgIpc) is 2.46. The fraction of sp³-hybridized carbons (Fsp3) is 0.611. The van der Waals surface area contributed by atoms with Crippen LogP contribution in [0.15, 0.2) is 24.3 Å². The maximum absolute atomic E-state index is 12.0. The smallest absolute Gasteiger partial charge is 0.223 e. The zero-order valence-electron chi connectivity index (χ0n) is 13.4. The minimum absolute atomic E-state index is 0.151. The molecule has 0 aliphatic carbocycles. The summed E-state index contributed by atoms with van der Waals surface area (Å²) in [6, 6.07) is 8.58. The molecule has 1 atom stereocenters. The number of carbonyl (C=O) groups excluding carboxylic acids is 1. The summed E-state index contributed by atoms with van der Waals surface area (Å²) in [6.45, 7) is 9.29. The maximum Gasteiger partial charge on any atom is 0.223 e. The molecule has 0 aliphatic rings. The van der Waals surface area contributed by atoms with Crippen LogP contribution in [0.3, 0.4) is 0 Å². The normalized spacial score (nSPS) is 12.4. The number of amides is 1. The summed E-state index contributed by atoms with van der Waals surface area (Å²) in [6.07, 6.45) is 4.15. The van der Waals surface area contributed by atoms with Gasteiger partial charge in [-0.25, -0.2) is 0 Å². The fourth-order valence-corrected chi connectivity index (χ4v) is 2.41. The average molecular weight is 275 g/mol. The number of rotatable bonds is 8. The number of hydrogen-bond donors (Lipinski definition) is 1. The van der Waals surface area contributed by atoms with Crippen LogP contribution < -0.4 is 5.32 Å². The van der Waals surface area contributed by atoms with E-state index in [0.717, 1.165) is 19.3 Å². The molecule has 0 aromatic heterocycles. The third kappa shape index (κ3) is 5.36. The van der Waals surface area contributed by atoms with Crippen LogP contribution in [0, 0.1) is 11.8 Å². The topological polar surface area (TPSA) is 29.1 Å². The van der Waals surface area contributed by atoms with Gasteiger partial charge in [-0.05, 0) is 36.3 Å². The summed E-state index contributed by atoms with van der Waals surface area (Å²) < 4.78 is 0. The molecule has 1 aromatic carbocycles. The van der Waals surface area contributed by atoms with E-state index in [1.807, 2.05) is 0 Å².